The largest absolute Gasteiger partial charge is 0.481 e. The molecule has 1 aromatic rings. The maximum absolute atomic E-state index is 12.2. The SMILES string of the molecule is O=C(O)CCC1CCN(C(=O)CCc2ccccc2)CC1. The normalized spacial score (nSPS) is 15.9. The van der Waals surface area contributed by atoms with E-state index in [0.717, 1.165) is 38.8 Å². The molecule has 1 amide bonds. The Morgan fingerprint density at radius 2 is 1.76 bits per heavy atom. The highest BCUT2D eigenvalue weighted by Gasteiger charge is 2.22. The summed E-state index contributed by atoms with van der Waals surface area (Å²) in [5, 5.41) is 8.70. The first-order valence-electron chi connectivity index (χ1n) is 7.68. The second-order valence-corrected chi connectivity index (χ2v) is 5.74. The molecule has 0 atom stereocenters. The Bertz CT molecular complexity index is 464. The summed E-state index contributed by atoms with van der Waals surface area (Å²) in [6, 6.07) is 10.1. The lowest BCUT2D eigenvalue weighted by Crippen LogP contribution is -2.38. The predicted molar refractivity (Wildman–Crippen MR) is 80.9 cm³/mol. The zero-order chi connectivity index (χ0) is 15.1. The zero-order valence-electron chi connectivity index (χ0n) is 12.3. The number of carboxylic acids is 1. The lowest BCUT2D eigenvalue weighted by Gasteiger charge is -2.32. The Morgan fingerprint density at radius 1 is 1.10 bits per heavy atom. The third kappa shape index (κ3) is 5.21. The first-order valence-corrected chi connectivity index (χ1v) is 7.68. The first kappa shape index (κ1) is 15.5. The molecule has 1 saturated heterocycles. The number of benzene rings is 1. The predicted octanol–water partition coefficient (Wildman–Crippen LogP) is 2.72. The summed E-state index contributed by atoms with van der Waals surface area (Å²) in [4.78, 5) is 24.7. The Labute approximate surface area is 125 Å². The van der Waals surface area contributed by atoms with Gasteiger partial charge in [0.2, 0.25) is 5.91 Å². The number of aliphatic carboxylic acids is 1. The summed E-state index contributed by atoms with van der Waals surface area (Å²) < 4.78 is 0. The minimum Gasteiger partial charge on any atom is -0.481 e. The third-order valence-corrected chi connectivity index (χ3v) is 4.20. The smallest absolute Gasteiger partial charge is 0.303 e. The van der Waals surface area contributed by atoms with Crippen molar-refractivity contribution in [3.8, 4) is 0 Å². The van der Waals surface area contributed by atoms with E-state index in [9.17, 15) is 9.59 Å². The van der Waals surface area contributed by atoms with Crippen LogP contribution >= 0.6 is 0 Å². The second kappa shape index (κ2) is 7.81. The Kier molecular flexibility index (Phi) is 5.78. The van der Waals surface area contributed by atoms with Gasteiger partial charge in [-0.05, 0) is 37.2 Å². The van der Waals surface area contributed by atoms with Crippen LogP contribution in [0.3, 0.4) is 0 Å². The molecule has 0 aliphatic carbocycles. The minimum atomic E-state index is -0.726. The van der Waals surface area contributed by atoms with Crippen LogP contribution in [0, 0.1) is 5.92 Å². The maximum atomic E-state index is 12.2. The van der Waals surface area contributed by atoms with Gasteiger partial charge in [-0.1, -0.05) is 30.3 Å². The molecule has 0 unspecified atom stereocenters. The van der Waals surface area contributed by atoms with Crippen LogP contribution in [0.2, 0.25) is 0 Å². The summed E-state index contributed by atoms with van der Waals surface area (Å²) in [5.41, 5.74) is 1.20. The molecule has 1 aromatic carbocycles. The molecule has 4 heteroatoms. The Hall–Kier alpha value is -1.84. The highest BCUT2D eigenvalue weighted by Crippen LogP contribution is 2.22. The number of carbonyl (C=O) groups is 2. The monoisotopic (exact) mass is 289 g/mol. The van der Waals surface area contributed by atoms with E-state index in [2.05, 4.69) is 0 Å². The van der Waals surface area contributed by atoms with Crippen LogP contribution in [0.5, 0.6) is 0 Å². The van der Waals surface area contributed by atoms with Crippen molar-refractivity contribution in [2.45, 2.75) is 38.5 Å². The fourth-order valence-corrected chi connectivity index (χ4v) is 2.85. The van der Waals surface area contributed by atoms with Gasteiger partial charge in [0.15, 0.2) is 0 Å². The summed E-state index contributed by atoms with van der Waals surface area (Å²) in [6.07, 6.45) is 4.20. The standard InChI is InChI=1S/C17H23NO3/c19-16(8-6-14-4-2-1-3-5-14)18-12-10-15(11-13-18)7-9-17(20)21/h1-5,15H,6-13H2,(H,20,21). The number of likely N-dealkylation sites (tertiary alicyclic amines) is 1. The molecule has 1 fully saturated rings. The lowest BCUT2D eigenvalue weighted by atomic mass is 9.92. The zero-order valence-corrected chi connectivity index (χ0v) is 12.3. The highest BCUT2D eigenvalue weighted by molar-refractivity contribution is 5.76. The van der Waals surface area contributed by atoms with E-state index in [1.165, 1.54) is 5.56 Å². The van der Waals surface area contributed by atoms with Crippen molar-refractivity contribution in [2.24, 2.45) is 5.92 Å². The number of hydrogen-bond acceptors (Lipinski definition) is 2. The van der Waals surface area contributed by atoms with Crippen LogP contribution < -0.4 is 0 Å². The third-order valence-electron chi connectivity index (χ3n) is 4.20. The number of nitrogens with zero attached hydrogens (tertiary/aromatic N) is 1. The molecule has 0 radical (unpaired) electrons. The van der Waals surface area contributed by atoms with E-state index in [0.29, 0.717) is 12.3 Å². The number of rotatable bonds is 6. The van der Waals surface area contributed by atoms with Crippen molar-refractivity contribution < 1.29 is 14.7 Å². The van der Waals surface area contributed by atoms with Gasteiger partial charge in [-0.3, -0.25) is 9.59 Å². The number of carbonyl (C=O) groups excluding carboxylic acids is 1. The van der Waals surface area contributed by atoms with Gasteiger partial charge in [-0.25, -0.2) is 0 Å². The highest BCUT2D eigenvalue weighted by atomic mass is 16.4. The van der Waals surface area contributed by atoms with Gasteiger partial charge in [-0.15, -0.1) is 0 Å². The molecule has 2 rings (SSSR count). The summed E-state index contributed by atoms with van der Waals surface area (Å²) in [6.45, 7) is 1.55. The van der Waals surface area contributed by atoms with Gasteiger partial charge in [-0.2, -0.15) is 0 Å². The quantitative estimate of drug-likeness (QED) is 0.876. The molecule has 1 aliphatic rings. The van der Waals surface area contributed by atoms with E-state index < -0.39 is 5.97 Å². The number of hydrogen-bond donors (Lipinski definition) is 1. The van der Waals surface area contributed by atoms with Crippen LogP contribution in [0.25, 0.3) is 0 Å². The fraction of sp³-hybridized carbons (Fsp3) is 0.529. The van der Waals surface area contributed by atoms with Gasteiger partial charge in [0.05, 0.1) is 0 Å². The fourth-order valence-electron chi connectivity index (χ4n) is 2.85. The molecule has 0 spiro atoms. The molecular weight excluding hydrogens is 266 g/mol. The average molecular weight is 289 g/mol. The van der Waals surface area contributed by atoms with Gasteiger partial charge >= 0.3 is 5.97 Å². The van der Waals surface area contributed by atoms with Gasteiger partial charge in [0, 0.05) is 25.9 Å². The van der Waals surface area contributed by atoms with Crippen molar-refractivity contribution in [2.75, 3.05) is 13.1 Å². The molecular formula is C17H23NO3. The van der Waals surface area contributed by atoms with Crippen molar-refractivity contribution >= 4 is 11.9 Å². The second-order valence-electron chi connectivity index (χ2n) is 5.74. The van der Waals surface area contributed by atoms with Crippen molar-refractivity contribution in [3.63, 3.8) is 0 Å². The molecule has 114 valence electrons. The molecule has 1 aliphatic heterocycles. The maximum Gasteiger partial charge on any atom is 0.303 e. The molecule has 1 N–H and O–H groups in total. The minimum absolute atomic E-state index is 0.218. The van der Waals surface area contributed by atoms with Gasteiger partial charge < -0.3 is 10.0 Å². The van der Waals surface area contributed by atoms with Crippen LogP contribution in [0.15, 0.2) is 30.3 Å². The van der Waals surface area contributed by atoms with Crippen LogP contribution in [-0.2, 0) is 16.0 Å². The van der Waals surface area contributed by atoms with E-state index in [1.807, 2.05) is 35.2 Å². The van der Waals surface area contributed by atoms with Crippen molar-refractivity contribution in [3.05, 3.63) is 35.9 Å². The molecule has 0 saturated carbocycles. The van der Waals surface area contributed by atoms with Crippen molar-refractivity contribution in [1.82, 2.24) is 4.90 Å². The Morgan fingerprint density at radius 3 is 2.38 bits per heavy atom. The topological polar surface area (TPSA) is 57.6 Å². The molecule has 1 heterocycles. The van der Waals surface area contributed by atoms with Crippen LogP contribution in [-0.4, -0.2) is 35.0 Å². The van der Waals surface area contributed by atoms with E-state index in [4.69, 9.17) is 5.11 Å². The number of carboxylic acid groups (broad SMARTS) is 1. The number of piperidine rings is 1. The first-order chi connectivity index (χ1) is 10.1. The van der Waals surface area contributed by atoms with E-state index in [1.54, 1.807) is 0 Å². The van der Waals surface area contributed by atoms with Crippen LogP contribution in [0.4, 0.5) is 0 Å². The molecule has 0 bridgehead atoms. The van der Waals surface area contributed by atoms with Gasteiger partial charge in [0.1, 0.15) is 0 Å². The summed E-state index contributed by atoms with van der Waals surface area (Å²) in [5.74, 6) is -0.0498. The van der Waals surface area contributed by atoms with E-state index >= 15 is 0 Å². The Balaban J connectivity index is 1.69. The molecule has 4 nitrogen and oxygen atoms in total. The molecule has 0 aromatic heterocycles. The lowest BCUT2D eigenvalue weighted by molar-refractivity contribution is -0.138. The van der Waals surface area contributed by atoms with Crippen LogP contribution in [0.1, 0.15) is 37.7 Å². The average Bonchev–Trinajstić information content (AvgIpc) is 2.52. The molecule has 21 heavy (non-hydrogen) atoms. The van der Waals surface area contributed by atoms with Gasteiger partial charge in [0.25, 0.3) is 0 Å². The number of aryl methyl sites for hydroxylation is 1. The number of amides is 1. The van der Waals surface area contributed by atoms with E-state index in [-0.39, 0.29) is 12.3 Å². The summed E-state index contributed by atoms with van der Waals surface area (Å²) >= 11 is 0. The van der Waals surface area contributed by atoms with Crippen molar-refractivity contribution in [1.29, 1.82) is 0 Å². The summed E-state index contributed by atoms with van der Waals surface area (Å²) in [7, 11) is 0.